The van der Waals surface area contributed by atoms with Crippen LogP contribution in [0.2, 0.25) is 18.1 Å². The molecule has 0 N–H and O–H groups in total. The Morgan fingerprint density at radius 2 is 1.53 bits per heavy atom. The zero-order chi connectivity index (χ0) is 23.4. The molecule has 0 unspecified atom stereocenters. The number of benzene rings is 2. The maximum atomic E-state index is 12.6. The van der Waals surface area contributed by atoms with Crippen LogP contribution >= 0.6 is 0 Å². The quantitative estimate of drug-likeness (QED) is 0.440. The second-order valence-electron chi connectivity index (χ2n) is 10.0. The van der Waals surface area contributed by atoms with E-state index in [1.165, 1.54) is 0 Å². The van der Waals surface area contributed by atoms with Gasteiger partial charge in [-0.1, -0.05) is 45.0 Å². The minimum Gasteiger partial charge on any atom is -0.497 e. The predicted octanol–water partition coefficient (Wildman–Crippen LogP) is 5.93. The van der Waals surface area contributed by atoms with Gasteiger partial charge in [-0.2, -0.15) is 0 Å². The average Bonchev–Trinajstić information content (AvgIpc) is 3.13. The maximum absolute atomic E-state index is 12.6. The number of methoxy groups -OCH3 is 1. The maximum Gasteiger partial charge on any atom is 0.227 e. The van der Waals surface area contributed by atoms with Crippen molar-refractivity contribution < 1.29 is 18.7 Å². The molecule has 0 aliphatic carbocycles. The van der Waals surface area contributed by atoms with Crippen molar-refractivity contribution in [2.45, 2.75) is 71.0 Å². The topological polar surface area (TPSA) is 48.0 Å². The summed E-state index contributed by atoms with van der Waals surface area (Å²) in [7, 11) is -0.183. The Bertz CT molecular complexity index is 888. The summed E-state index contributed by atoms with van der Waals surface area (Å²) >= 11 is 0. The fraction of sp³-hybridized carbons (Fsp3) is 0.500. The SMILES string of the molecule is COc1ccc(COCc2ccc(N3C(=O)CC[C@@H]3CO[Si](C)(C)C(C)(C)C)cc2)cc1. The summed E-state index contributed by atoms with van der Waals surface area (Å²) in [4.78, 5) is 14.5. The van der Waals surface area contributed by atoms with Crippen LogP contribution in [0.4, 0.5) is 5.69 Å². The Kier molecular flexibility index (Phi) is 7.80. The summed E-state index contributed by atoms with van der Waals surface area (Å²) in [6.07, 6.45) is 1.43. The van der Waals surface area contributed by atoms with Crippen molar-refractivity contribution in [2.24, 2.45) is 0 Å². The van der Waals surface area contributed by atoms with Crippen molar-refractivity contribution in [1.82, 2.24) is 0 Å². The standard InChI is InChI=1S/C26H37NO4Si/c1-26(2,3)32(5,6)31-19-23-13-16-25(28)27(23)22-11-7-20(8-12-22)17-30-18-21-9-14-24(29-4)15-10-21/h7-12,14-15,23H,13,16-19H2,1-6H3/t23-/m1/s1. The second-order valence-corrected chi connectivity index (χ2v) is 14.8. The Morgan fingerprint density at radius 3 is 2.06 bits per heavy atom. The number of carbonyl (C=O) groups excluding carboxylic acids is 1. The molecule has 0 aromatic heterocycles. The largest absolute Gasteiger partial charge is 0.497 e. The molecule has 3 rings (SSSR count). The molecule has 1 amide bonds. The van der Waals surface area contributed by atoms with Gasteiger partial charge < -0.3 is 18.8 Å². The summed E-state index contributed by atoms with van der Waals surface area (Å²) < 4.78 is 17.5. The summed E-state index contributed by atoms with van der Waals surface area (Å²) in [6, 6.07) is 16.1. The number of hydrogen-bond acceptors (Lipinski definition) is 4. The van der Waals surface area contributed by atoms with E-state index in [0.29, 0.717) is 26.2 Å². The van der Waals surface area contributed by atoms with E-state index >= 15 is 0 Å². The molecule has 6 heteroatoms. The first-order valence-corrected chi connectivity index (χ1v) is 14.3. The van der Waals surface area contributed by atoms with Crippen LogP contribution in [0.5, 0.6) is 5.75 Å². The van der Waals surface area contributed by atoms with Gasteiger partial charge in [-0.3, -0.25) is 4.79 Å². The third-order valence-corrected chi connectivity index (χ3v) is 11.2. The molecule has 1 saturated heterocycles. The predicted molar refractivity (Wildman–Crippen MR) is 132 cm³/mol. The number of nitrogens with zero attached hydrogens (tertiary/aromatic N) is 1. The molecule has 1 aliphatic rings. The first kappa shape index (κ1) is 24.5. The lowest BCUT2D eigenvalue weighted by molar-refractivity contribution is -0.117. The highest BCUT2D eigenvalue weighted by Gasteiger charge is 2.40. The Balaban J connectivity index is 1.56. The first-order valence-electron chi connectivity index (χ1n) is 11.4. The van der Waals surface area contributed by atoms with Crippen LogP contribution in [0.1, 0.15) is 44.7 Å². The Hall–Kier alpha value is -2.15. The lowest BCUT2D eigenvalue weighted by Gasteiger charge is -2.38. The van der Waals surface area contributed by atoms with Crippen molar-refractivity contribution in [3.63, 3.8) is 0 Å². The smallest absolute Gasteiger partial charge is 0.227 e. The molecule has 1 atom stereocenters. The minimum absolute atomic E-state index is 0.105. The van der Waals surface area contributed by atoms with E-state index in [-0.39, 0.29) is 17.0 Å². The van der Waals surface area contributed by atoms with Crippen molar-refractivity contribution >= 4 is 19.9 Å². The van der Waals surface area contributed by atoms with Crippen LogP contribution in [-0.4, -0.2) is 34.0 Å². The average molecular weight is 456 g/mol. The van der Waals surface area contributed by atoms with Gasteiger partial charge >= 0.3 is 0 Å². The summed E-state index contributed by atoms with van der Waals surface area (Å²) in [5.41, 5.74) is 3.13. The molecule has 1 aliphatic heterocycles. The fourth-order valence-electron chi connectivity index (χ4n) is 3.54. The highest BCUT2D eigenvalue weighted by molar-refractivity contribution is 6.74. The van der Waals surface area contributed by atoms with Crippen molar-refractivity contribution in [3.05, 3.63) is 59.7 Å². The molecule has 1 fully saturated rings. The molecule has 2 aromatic rings. The van der Waals surface area contributed by atoms with Crippen LogP contribution in [0.3, 0.4) is 0 Å². The van der Waals surface area contributed by atoms with Gasteiger partial charge in [-0.15, -0.1) is 0 Å². The van der Waals surface area contributed by atoms with Gasteiger partial charge in [-0.25, -0.2) is 0 Å². The Labute approximate surface area is 193 Å². The first-order chi connectivity index (χ1) is 15.1. The van der Waals surface area contributed by atoms with Crippen LogP contribution in [0.25, 0.3) is 0 Å². The van der Waals surface area contributed by atoms with Gasteiger partial charge in [0.25, 0.3) is 0 Å². The summed E-state index contributed by atoms with van der Waals surface area (Å²) in [5.74, 6) is 1.02. The normalized spacial score (nSPS) is 17.1. The second kappa shape index (κ2) is 10.2. The lowest BCUT2D eigenvalue weighted by Crippen LogP contribution is -2.45. The summed E-state index contributed by atoms with van der Waals surface area (Å²) in [5, 5.41) is 0.161. The minimum atomic E-state index is -1.84. The zero-order valence-corrected chi connectivity index (χ0v) is 21.3. The van der Waals surface area contributed by atoms with E-state index in [1.807, 2.05) is 53.4 Å². The van der Waals surface area contributed by atoms with E-state index in [1.54, 1.807) is 7.11 Å². The molecule has 32 heavy (non-hydrogen) atoms. The van der Waals surface area contributed by atoms with Crippen LogP contribution < -0.4 is 9.64 Å². The van der Waals surface area contributed by atoms with Gasteiger partial charge in [0.2, 0.25) is 5.91 Å². The molecule has 5 nitrogen and oxygen atoms in total. The van der Waals surface area contributed by atoms with Gasteiger partial charge in [-0.05, 0) is 59.9 Å². The lowest BCUT2D eigenvalue weighted by atomic mass is 10.2. The third-order valence-electron chi connectivity index (χ3n) is 6.68. The van der Waals surface area contributed by atoms with E-state index in [4.69, 9.17) is 13.9 Å². The van der Waals surface area contributed by atoms with E-state index in [2.05, 4.69) is 33.9 Å². The Morgan fingerprint density at radius 1 is 0.969 bits per heavy atom. The molecule has 0 radical (unpaired) electrons. The molecular formula is C26H37NO4Si. The van der Waals surface area contributed by atoms with Gasteiger partial charge in [0, 0.05) is 12.1 Å². The number of carbonyl (C=O) groups is 1. The number of ether oxygens (including phenoxy) is 2. The van der Waals surface area contributed by atoms with E-state index in [0.717, 1.165) is 29.0 Å². The van der Waals surface area contributed by atoms with Crippen molar-refractivity contribution in [2.75, 3.05) is 18.6 Å². The number of amides is 1. The van der Waals surface area contributed by atoms with Crippen LogP contribution in [0.15, 0.2) is 48.5 Å². The molecular weight excluding hydrogens is 418 g/mol. The zero-order valence-electron chi connectivity index (χ0n) is 20.3. The molecule has 0 saturated carbocycles. The van der Waals surface area contributed by atoms with Crippen molar-refractivity contribution in [1.29, 1.82) is 0 Å². The van der Waals surface area contributed by atoms with Gasteiger partial charge in [0.1, 0.15) is 5.75 Å². The van der Waals surface area contributed by atoms with Crippen LogP contribution in [0, 0.1) is 0 Å². The highest BCUT2D eigenvalue weighted by atomic mass is 28.4. The highest BCUT2D eigenvalue weighted by Crippen LogP contribution is 2.37. The van der Waals surface area contributed by atoms with E-state index in [9.17, 15) is 4.79 Å². The summed E-state index contributed by atoms with van der Waals surface area (Å²) in [6.45, 7) is 12.9. The van der Waals surface area contributed by atoms with Crippen molar-refractivity contribution in [3.8, 4) is 5.75 Å². The van der Waals surface area contributed by atoms with Crippen LogP contribution in [-0.2, 0) is 27.2 Å². The molecule has 2 aromatic carbocycles. The third kappa shape index (κ3) is 6.00. The number of rotatable bonds is 9. The molecule has 1 heterocycles. The number of hydrogen-bond donors (Lipinski definition) is 0. The molecule has 174 valence electrons. The monoisotopic (exact) mass is 455 g/mol. The van der Waals surface area contributed by atoms with Gasteiger partial charge in [0.15, 0.2) is 8.32 Å². The molecule has 0 spiro atoms. The number of anilines is 1. The van der Waals surface area contributed by atoms with E-state index < -0.39 is 8.32 Å². The molecule has 0 bridgehead atoms. The fourth-order valence-corrected chi connectivity index (χ4v) is 4.58. The van der Waals surface area contributed by atoms with Gasteiger partial charge in [0.05, 0.1) is 33.0 Å².